The molecule has 1 aromatic carbocycles. The fourth-order valence-corrected chi connectivity index (χ4v) is 3.20. The van der Waals surface area contributed by atoms with Gasteiger partial charge in [-0.25, -0.2) is 13.1 Å². The standard InChI is InChI=1S/C17H13F3N2O4S/c18-17(19,20)26-13-4-6-14(7-5-13)27(23,24)22-11-12-3-8-15(21-10-12)16-2-1-9-25-16/h1-10,22H,11H2. The second-order valence-electron chi connectivity index (χ2n) is 5.37. The minimum absolute atomic E-state index is 0.0332. The molecular formula is C17H13F3N2O4S. The molecular weight excluding hydrogens is 385 g/mol. The van der Waals surface area contributed by atoms with Gasteiger partial charge in [0.1, 0.15) is 11.4 Å². The first-order valence-corrected chi connectivity index (χ1v) is 9.05. The zero-order valence-corrected chi connectivity index (χ0v) is 14.4. The smallest absolute Gasteiger partial charge is 0.463 e. The second-order valence-corrected chi connectivity index (χ2v) is 7.14. The monoisotopic (exact) mass is 398 g/mol. The van der Waals surface area contributed by atoms with Crippen LogP contribution in [-0.4, -0.2) is 19.8 Å². The Kier molecular flexibility index (Phi) is 5.19. The first-order chi connectivity index (χ1) is 12.7. The lowest BCUT2D eigenvalue weighted by atomic mass is 10.2. The van der Waals surface area contributed by atoms with Gasteiger partial charge in [0.25, 0.3) is 0 Å². The molecule has 10 heteroatoms. The molecule has 0 unspecified atom stereocenters. The van der Waals surface area contributed by atoms with Crippen molar-refractivity contribution < 1.29 is 30.7 Å². The van der Waals surface area contributed by atoms with Gasteiger partial charge in [0.2, 0.25) is 10.0 Å². The zero-order chi connectivity index (χ0) is 19.5. The van der Waals surface area contributed by atoms with Crippen LogP contribution in [0.3, 0.4) is 0 Å². The maximum absolute atomic E-state index is 12.2. The Morgan fingerprint density at radius 2 is 1.81 bits per heavy atom. The zero-order valence-electron chi connectivity index (χ0n) is 13.6. The summed E-state index contributed by atoms with van der Waals surface area (Å²) >= 11 is 0. The van der Waals surface area contributed by atoms with Crippen molar-refractivity contribution in [2.75, 3.05) is 0 Å². The molecule has 27 heavy (non-hydrogen) atoms. The SMILES string of the molecule is O=S(=O)(NCc1ccc(-c2ccco2)nc1)c1ccc(OC(F)(F)F)cc1. The van der Waals surface area contributed by atoms with E-state index in [0.29, 0.717) is 17.0 Å². The molecule has 0 aliphatic rings. The third kappa shape index (κ3) is 5.08. The van der Waals surface area contributed by atoms with E-state index in [4.69, 9.17) is 4.42 Å². The Hall–Kier alpha value is -2.85. The number of nitrogens with zero attached hydrogens (tertiary/aromatic N) is 1. The lowest BCUT2D eigenvalue weighted by molar-refractivity contribution is -0.274. The predicted octanol–water partition coefficient (Wildman–Crippen LogP) is 3.72. The van der Waals surface area contributed by atoms with E-state index in [2.05, 4.69) is 14.4 Å². The van der Waals surface area contributed by atoms with Crippen molar-refractivity contribution in [3.05, 3.63) is 66.6 Å². The number of pyridine rings is 1. The van der Waals surface area contributed by atoms with Crippen LogP contribution in [0.25, 0.3) is 11.5 Å². The molecule has 6 nitrogen and oxygen atoms in total. The Balaban J connectivity index is 1.64. The van der Waals surface area contributed by atoms with E-state index in [1.807, 2.05) is 0 Å². The average molecular weight is 398 g/mol. The Morgan fingerprint density at radius 1 is 1.07 bits per heavy atom. The number of ether oxygens (including phenoxy) is 1. The molecule has 0 saturated carbocycles. The van der Waals surface area contributed by atoms with E-state index in [9.17, 15) is 21.6 Å². The van der Waals surface area contributed by atoms with Gasteiger partial charge in [0, 0.05) is 12.7 Å². The molecule has 0 spiro atoms. The van der Waals surface area contributed by atoms with E-state index < -0.39 is 22.1 Å². The molecule has 0 aliphatic carbocycles. The summed E-state index contributed by atoms with van der Waals surface area (Å²) in [5.41, 5.74) is 1.21. The summed E-state index contributed by atoms with van der Waals surface area (Å²) in [5.74, 6) is 0.0856. The first kappa shape index (κ1) is 18.9. The molecule has 0 radical (unpaired) electrons. The van der Waals surface area contributed by atoms with Gasteiger partial charge in [-0.15, -0.1) is 13.2 Å². The molecule has 2 heterocycles. The number of aromatic nitrogens is 1. The van der Waals surface area contributed by atoms with Crippen molar-refractivity contribution in [2.24, 2.45) is 0 Å². The van der Waals surface area contributed by atoms with Gasteiger partial charge in [-0.1, -0.05) is 6.07 Å². The van der Waals surface area contributed by atoms with Crippen molar-refractivity contribution in [1.82, 2.24) is 9.71 Å². The van der Waals surface area contributed by atoms with Crippen molar-refractivity contribution in [2.45, 2.75) is 17.8 Å². The minimum atomic E-state index is -4.84. The highest BCUT2D eigenvalue weighted by molar-refractivity contribution is 7.89. The van der Waals surface area contributed by atoms with Gasteiger partial charge in [-0.05, 0) is 48.0 Å². The Labute approximate surface area is 152 Å². The molecule has 3 rings (SSSR count). The van der Waals surface area contributed by atoms with E-state index >= 15 is 0 Å². The minimum Gasteiger partial charge on any atom is -0.463 e. The molecule has 0 aliphatic heterocycles. The number of sulfonamides is 1. The van der Waals surface area contributed by atoms with Gasteiger partial charge in [0.15, 0.2) is 5.76 Å². The van der Waals surface area contributed by atoms with Crippen molar-refractivity contribution >= 4 is 10.0 Å². The van der Waals surface area contributed by atoms with E-state index in [1.54, 1.807) is 24.3 Å². The van der Waals surface area contributed by atoms with Gasteiger partial charge in [0.05, 0.1) is 11.2 Å². The summed E-state index contributed by atoms with van der Waals surface area (Å²) in [5, 5.41) is 0. The number of halogens is 3. The third-order valence-corrected chi connectivity index (χ3v) is 4.85. The molecule has 2 aromatic heterocycles. The van der Waals surface area contributed by atoms with E-state index in [0.717, 1.165) is 24.3 Å². The number of nitrogens with one attached hydrogen (secondary N) is 1. The average Bonchev–Trinajstić information content (AvgIpc) is 3.14. The molecule has 0 bridgehead atoms. The van der Waals surface area contributed by atoms with Gasteiger partial charge in [-0.2, -0.15) is 0 Å². The van der Waals surface area contributed by atoms with Crippen molar-refractivity contribution in [3.63, 3.8) is 0 Å². The number of hydrogen-bond acceptors (Lipinski definition) is 5. The van der Waals surface area contributed by atoms with Crippen LogP contribution in [-0.2, 0) is 16.6 Å². The molecule has 0 fully saturated rings. The quantitative estimate of drug-likeness (QED) is 0.685. The fraction of sp³-hybridized carbons (Fsp3) is 0.118. The van der Waals surface area contributed by atoms with E-state index in [1.165, 1.54) is 12.5 Å². The van der Waals surface area contributed by atoms with Gasteiger partial charge in [-0.3, -0.25) is 4.98 Å². The van der Waals surface area contributed by atoms with Crippen molar-refractivity contribution in [1.29, 1.82) is 0 Å². The van der Waals surface area contributed by atoms with Crippen LogP contribution in [0.4, 0.5) is 13.2 Å². The maximum atomic E-state index is 12.2. The van der Waals surface area contributed by atoms with Crippen LogP contribution >= 0.6 is 0 Å². The fourth-order valence-electron chi connectivity index (χ4n) is 2.18. The second kappa shape index (κ2) is 7.41. The number of alkyl halides is 3. The highest BCUT2D eigenvalue weighted by atomic mass is 32.2. The van der Waals surface area contributed by atoms with Crippen LogP contribution in [0.1, 0.15) is 5.56 Å². The summed E-state index contributed by atoms with van der Waals surface area (Å²) in [6.45, 7) is -0.0332. The van der Waals surface area contributed by atoms with Crippen LogP contribution in [0.15, 0.2) is 70.3 Å². The molecule has 142 valence electrons. The van der Waals surface area contributed by atoms with E-state index in [-0.39, 0.29) is 11.4 Å². The van der Waals surface area contributed by atoms with Crippen LogP contribution in [0.5, 0.6) is 5.75 Å². The summed E-state index contributed by atoms with van der Waals surface area (Å²) in [4.78, 5) is 4.01. The number of hydrogen-bond donors (Lipinski definition) is 1. The summed E-state index contributed by atoms with van der Waals surface area (Å²) in [6.07, 6.45) is -1.82. The highest BCUT2D eigenvalue weighted by Gasteiger charge is 2.31. The normalized spacial score (nSPS) is 12.1. The van der Waals surface area contributed by atoms with Gasteiger partial charge < -0.3 is 9.15 Å². The summed E-state index contributed by atoms with van der Waals surface area (Å²) in [6, 6.07) is 10.8. The summed E-state index contributed by atoms with van der Waals surface area (Å²) < 4.78 is 72.2. The predicted molar refractivity (Wildman–Crippen MR) is 89.1 cm³/mol. The number of rotatable bonds is 6. The number of benzene rings is 1. The van der Waals surface area contributed by atoms with Crippen LogP contribution in [0.2, 0.25) is 0 Å². The Morgan fingerprint density at radius 3 is 2.37 bits per heavy atom. The molecule has 1 N–H and O–H groups in total. The third-order valence-electron chi connectivity index (χ3n) is 3.43. The molecule has 0 amide bonds. The molecule has 0 saturated heterocycles. The topological polar surface area (TPSA) is 81.4 Å². The lowest BCUT2D eigenvalue weighted by Crippen LogP contribution is -2.23. The molecule has 3 aromatic rings. The van der Waals surface area contributed by atoms with Gasteiger partial charge >= 0.3 is 6.36 Å². The summed E-state index contributed by atoms with van der Waals surface area (Å²) in [7, 11) is -3.91. The highest BCUT2D eigenvalue weighted by Crippen LogP contribution is 2.24. The lowest BCUT2D eigenvalue weighted by Gasteiger charge is -2.10. The maximum Gasteiger partial charge on any atom is 0.573 e. The van der Waals surface area contributed by atoms with Crippen LogP contribution in [0, 0.1) is 0 Å². The molecule has 0 atom stereocenters. The first-order valence-electron chi connectivity index (χ1n) is 7.57. The number of furan rings is 1. The largest absolute Gasteiger partial charge is 0.573 e. The van der Waals surface area contributed by atoms with Crippen LogP contribution < -0.4 is 9.46 Å². The van der Waals surface area contributed by atoms with Crippen molar-refractivity contribution in [3.8, 4) is 17.2 Å². The Bertz CT molecular complexity index is 984.